The van der Waals surface area contributed by atoms with E-state index < -0.39 is 16.8 Å². The molecule has 0 spiro atoms. The van der Waals surface area contributed by atoms with Gasteiger partial charge in [0.25, 0.3) is 5.70 Å². The van der Waals surface area contributed by atoms with Crippen LogP contribution in [0.15, 0.2) is 46.9 Å². The Hall–Kier alpha value is -2.83. The van der Waals surface area contributed by atoms with Gasteiger partial charge in [0.05, 0.1) is 23.3 Å². The van der Waals surface area contributed by atoms with Gasteiger partial charge in [-0.15, -0.1) is 0 Å². The third kappa shape index (κ3) is 2.65. The molecular weight excluding hydrogens is 288 g/mol. The number of aliphatic carboxylic acids is 1. The molecule has 0 aliphatic carbocycles. The Labute approximate surface area is 127 Å². The number of nitrogens with zero attached hydrogens (tertiary/aromatic N) is 1. The van der Waals surface area contributed by atoms with Crippen molar-refractivity contribution in [1.82, 2.24) is 5.32 Å². The van der Waals surface area contributed by atoms with Crippen LogP contribution in [0.25, 0.3) is 0 Å². The van der Waals surface area contributed by atoms with Crippen molar-refractivity contribution in [2.24, 2.45) is 0 Å². The summed E-state index contributed by atoms with van der Waals surface area (Å²) in [6, 6.07) is 6.59. The van der Waals surface area contributed by atoms with Gasteiger partial charge in [-0.1, -0.05) is 12.1 Å². The molecule has 1 atom stereocenters. The maximum atomic E-state index is 11.6. The molecule has 1 heterocycles. The minimum Gasteiger partial charge on any atom is -0.497 e. The standard InChI is InChI=1S/C15H16N2O5/c1-8-12(15(18)19)13(14(17(20)21)9(2)16-8)10-4-6-11(22-3)7-5-10/h4-7,13,16H,1-3H3,(H,18,19). The smallest absolute Gasteiger partial charge is 0.334 e. The fourth-order valence-electron chi connectivity index (χ4n) is 2.63. The second-order valence-electron chi connectivity index (χ2n) is 4.94. The van der Waals surface area contributed by atoms with Crippen LogP contribution < -0.4 is 10.1 Å². The van der Waals surface area contributed by atoms with Crippen LogP contribution in [0.1, 0.15) is 25.3 Å². The van der Waals surface area contributed by atoms with Gasteiger partial charge >= 0.3 is 5.97 Å². The van der Waals surface area contributed by atoms with Crippen molar-refractivity contribution in [3.63, 3.8) is 0 Å². The largest absolute Gasteiger partial charge is 0.497 e. The Balaban J connectivity index is 2.63. The van der Waals surface area contributed by atoms with Gasteiger partial charge in [0.1, 0.15) is 11.7 Å². The predicted octanol–water partition coefficient (Wildman–Crippen LogP) is 2.25. The number of benzene rings is 1. The van der Waals surface area contributed by atoms with E-state index in [9.17, 15) is 20.0 Å². The number of hydrogen-bond donors (Lipinski definition) is 2. The molecule has 116 valence electrons. The molecule has 0 fully saturated rings. The number of nitro groups is 1. The zero-order valence-corrected chi connectivity index (χ0v) is 12.4. The molecule has 0 bridgehead atoms. The van der Waals surface area contributed by atoms with Gasteiger partial charge in [-0.25, -0.2) is 4.79 Å². The van der Waals surface area contributed by atoms with Crippen LogP contribution in [0, 0.1) is 10.1 Å². The van der Waals surface area contributed by atoms with E-state index in [1.165, 1.54) is 7.11 Å². The van der Waals surface area contributed by atoms with Crippen LogP contribution in [0.4, 0.5) is 0 Å². The van der Waals surface area contributed by atoms with Crippen molar-refractivity contribution < 1.29 is 19.6 Å². The zero-order chi connectivity index (χ0) is 16.4. The van der Waals surface area contributed by atoms with E-state index in [0.717, 1.165) is 0 Å². The van der Waals surface area contributed by atoms with Crippen molar-refractivity contribution in [3.05, 3.63) is 62.6 Å². The first-order valence-corrected chi connectivity index (χ1v) is 6.57. The molecule has 1 aromatic rings. The second kappa shape index (κ2) is 5.88. The Morgan fingerprint density at radius 2 is 1.86 bits per heavy atom. The number of ether oxygens (including phenoxy) is 1. The molecule has 7 nitrogen and oxygen atoms in total. The van der Waals surface area contributed by atoms with Crippen LogP contribution >= 0.6 is 0 Å². The first-order chi connectivity index (χ1) is 10.4. The molecule has 0 saturated carbocycles. The molecule has 22 heavy (non-hydrogen) atoms. The number of carboxylic acids is 1. The first-order valence-electron chi connectivity index (χ1n) is 6.57. The average molecular weight is 304 g/mol. The van der Waals surface area contributed by atoms with Crippen molar-refractivity contribution >= 4 is 5.97 Å². The second-order valence-corrected chi connectivity index (χ2v) is 4.94. The van der Waals surface area contributed by atoms with Crippen LogP contribution in [0.2, 0.25) is 0 Å². The Kier molecular flexibility index (Phi) is 4.16. The summed E-state index contributed by atoms with van der Waals surface area (Å²) in [5.74, 6) is -1.52. The Morgan fingerprint density at radius 1 is 1.27 bits per heavy atom. The molecule has 7 heteroatoms. The Morgan fingerprint density at radius 3 is 2.32 bits per heavy atom. The lowest BCUT2D eigenvalue weighted by Crippen LogP contribution is -2.30. The average Bonchev–Trinajstić information content (AvgIpc) is 2.45. The third-order valence-corrected chi connectivity index (χ3v) is 3.60. The highest BCUT2D eigenvalue weighted by Gasteiger charge is 2.40. The molecule has 1 aromatic carbocycles. The quantitative estimate of drug-likeness (QED) is 0.653. The summed E-state index contributed by atoms with van der Waals surface area (Å²) >= 11 is 0. The van der Waals surface area contributed by atoms with E-state index in [4.69, 9.17) is 4.74 Å². The van der Waals surface area contributed by atoms with E-state index >= 15 is 0 Å². The minimum absolute atomic E-state index is 0.0255. The maximum absolute atomic E-state index is 11.6. The molecule has 0 saturated heterocycles. The van der Waals surface area contributed by atoms with Gasteiger partial charge in [-0.2, -0.15) is 0 Å². The van der Waals surface area contributed by atoms with E-state index in [2.05, 4.69) is 5.32 Å². The summed E-state index contributed by atoms with van der Waals surface area (Å²) in [7, 11) is 1.51. The van der Waals surface area contributed by atoms with Gasteiger partial charge in [-0.05, 0) is 31.5 Å². The predicted molar refractivity (Wildman–Crippen MR) is 78.9 cm³/mol. The maximum Gasteiger partial charge on any atom is 0.334 e. The molecule has 2 rings (SSSR count). The van der Waals surface area contributed by atoms with Gasteiger partial charge in [0, 0.05) is 5.70 Å². The third-order valence-electron chi connectivity index (χ3n) is 3.60. The van der Waals surface area contributed by atoms with Crippen molar-refractivity contribution in [1.29, 1.82) is 0 Å². The number of methoxy groups -OCH3 is 1. The number of nitrogens with one attached hydrogen (secondary N) is 1. The Bertz CT molecular complexity index is 652. The van der Waals surface area contributed by atoms with Crippen LogP contribution in [-0.2, 0) is 4.79 Å². The van der Waals surface area contributed by atoms with E-state index in [1.807, 2.05) is 0 Å². The van der Waals surface area contributed by atoms with Crippen LogP contribution in [0.3, 0.4) is 0 Å². The number of carboxylic acid groups (broad SMARTS) is 1. The summed E-state index contributed by atoms with van der Waals surface area (Å²) in [5, 5.41) is 23.6. The first kappa shape index (κ1) is 15.6. The lowest BCUT2D eigenvalue weighted by Gasteiger charge is -2.25. The molecular formula is C15H16N2O5. The molecule has 1 unspecified atom stereocenters. The SMILES string of the molecule is COc1ccc(C2C(C(=O)O)=C(C)NC(C)=C2[N+](=O)[O-])cc1. The minimum atomic E-state index is -1.18. The van der Waals surface area contributed by atoms with Gasteiger partial charge in [-0.3, -0.25) is 10.1 Å². The summed E-state index contributed by atoms with van der Waals surface area (Å²) in [6.07, 6.45) is 0. The molecule has 1 aliphatic heterocycles. The molecule has 0 aromatic heterocycles. The number of carbonyl (C=O) groups is 1. The summed E-state index contributed by atoms with van der Waals surface area (Å²) in [6.45, 7) is 3.16. The summed E-state index contributed by atoms with van der Waals surface area (Å²) in [5.41, 5.74) is 1.09. The van der Waals surface area contributed by atoms with E-state index in [1.54, 1.807) is 38.1 Å². The van der Waals surface area contributed by atoms with Gasteiger partial charge < -0.3 is 15.2 Å². The van der Waals surface area contributed by atoms with Crippen LogP contribution in [-0.4, -0.2) is 23.1 Å². The van der Waals surface area contributed by atoms with Gasteiger partial charge in [0.15, 0.2) is 0 Å². The highest BCUT2D eigenvalue weighted by atomic mass is 16.6. The highest BCUT2D eigenvalue weighted by Crippen LogP contribution is 2.38. The van der Waals surface area contributed by atoms with Gasteiger partial charge in [0.2, 0.25) is 0 Å². The van der Waals surface area contributed by atoms with E-state index in [-0.39, 0.29) is 11.3 Å². The normalized spacial score (nSPS) is 18.0. The highest BCUT2D eigenvalue weighted by molar-refractivity contribution is 5.90. The number of rotatable bonds is 4. The molecule has 0 amide bonds. The molecule has 2 N–H and O–H groups in total. The summed E-state index contributed by atoms with van der Waals surface area (Å²) in [4.78, 5) is 22.5. The lowest BCUT2D eigenvalue weighted by molar-refractivity contribution is -0.431. The topological polar surface area (TPSA) is 102 Å². The summed E-state index contributed by atoms with van der Waals surface area (Å²) < 4.78 is 5.06. The number of dihydropyridines is 1. The van der Waals surface area contributed by atoms with E-state index in [0.29, 0.717) is 22.7 Å². The lowest BCUT2D eigenvalue weighted by atomic mass is 9.84. The zero-order valence-electron chi connectivity index (χ0n) is 12.4. The number of hydrogen-bond acceptors (Lipinski definition) is 5. The van der Waals surface area contributed by atoms with Crippen molar-refractivity contribution in [3.8, 4) is 5.75 Å². The number of allylic oxidation sites excluding steroid dienone is 3. The van der Waals surface area contributed by atoms with Crippen LogP contribution in [0.5, 0.6) is 5.75 Å². The van der Waals surface area contributed by atoms with Crippen molar-refractivity contribution in [2.45, 2.75) is 19.8 Å². The molecule has 1 aliphatic rings. The molecule has 0 radical (unpaired) electrons. The monoisotopic (exact) mass is 304 g/mol. The fraction of sp³-hybridized carbons (Fsp3) is 0.267. The fourth-order valence-corrected chi connectivity index (χ4v) is 2.63. The van der Waals surface area contributed by atoms with Crippen molar-refractivity contribution in [2.75, 3.05) is 7.11 Å².